The number of halogens is 1. The normalized spacial score (nSPS) is 16.8. The number of carbonyl (C=O) groups is 1. The third-order valence-electron chi connectivity index (χ3n) is 6.45. The molecular weight excluding hydrogens is 483 g/mol. The maximum absolute atomic E-state index is 14.1. The fourth-order valence-electron chi connectivity index (χ4n) is 4.49. The lowest BCUT2D eigenvalue weighted by Crippen LogP contribution is -2.15. The SMILES string of the molecule is COc1ccc(-c2cc(C(=O)Nc3ccc(C)c(F)c3)c3c(C)nn(C4CCS(=O)(=O)C4)c3n2)cc1. The summed E-state index contributed by atoms with van der Waals surface area (Å²) in [5.74, 6) is -0.124. The van der Waals surface area contributed by atoms with Crippen LogP contribution in [0.3, 0.4) is 0 Å². The van der Waals surface area contributed by atoms with Gasteiger partial charge in [0.1, 0.15) is 11.6 Å². The minimum atomic E-state index is -3.17. The molecule has 0 saturated carbocycles. The van der Waals surface area contributed by atoms with Gasteiger partial charge in [-0.15, -0.1) is 0 Å². The number of methoxy groups -OCH3 is 1. The Kier molecular flexibility index (Phi) is 5.99. The van der Waals surface area contributed by atoms with Crippen molar-refractivity contribution >= 4 is 32.5 Å². The van der Waals surface area contributed by atoms with Crippen molar-refractivity contribution in [1.82, 2.24) is 14.8 Å². The highest BCUT2D eigenvalue weighted by Gasteiger charge is 2.32. The highest BCUT2D eigenvalue weighted by molar-refractivity contribution is 7.91. The topological polar surface area (TPSA) is 103 Å². The fourth-order valence-corrected chi connectivity index (χ4v) is 6.19. The molecule has 1 aliphatic heterocycles. The molecule has 36 heavy (non-hydrogen) atoms. The number of hydrogen-bond donors (Lipinski definition) is 1. The lowest BCUT2D eigenvalue weighted by atomic mass is 10.0. The predicted molar refractivity (Wildman–Crippen MR) is 136 cm³/mol. The van der Waals surface area contributed by atoms with E-state index in [2.05, 4.69) is 10.4 Å². The van der Waals surface area contributed by atoms with Gasteiger partial charge in [0, 0.05) is 11.3 Å². The first kappa shape index (κ1) is 23.9. The Balaban J connectivity index is 1.66. The summed E-state index contributed by atoms with van der Waals surface area (Å²) in [5, 5.41) is 7.91. The first-order chi connectivity index (χ1) is 17.1. The number of hydrogen-bond acceptors (Lipinski definition) is 6. The molecular formula is C26H25FN4O4S. The summed E-state index contributed by atoms with van der Waals surface area (Å²) < 4.78 is 45.3. The van der Waals surface area contributed by atoms with Crippen molar-refractivity contribution in [1.29, 1.82) is 0 Å². The van der Waals surface area contributed by atoms with Gasteiger partial charge in [0.05, 0.1) is 47.0 Å². The number of sulfone groups is 1. The lowest BCUT2D eigenvalue weighted by Gasteiger charge is -2.13. The number of fused-ring (bicyclic) bond motifs is 1. The van der Waals surface area contributed by atoms with Crippen LogP contribution in [0.2, 0.25) is 0 Å². The van der Waals surface area contributed by atoms with Crippen molar-refractivity contribution in [2.45, 2.75) is 26.3 Å². The summed E-state index contributed by atoms with van der Waals surface area (Å²) in [6.45, 7) is 3.41. The average Bonchev–Trinajstić information content (AvgIpc) is 3.39. The molecule has 0 aliphatic carbocycles. The van der Waals surface area contributed by atoms with Crippen LogP contribution in [0.15, 0.2) is 48.5 Å². The molecule has 1 amide bonds. The second-order valence-corrected chi connectivity index (χ2v) is 11.2. The zero-order valence-corrected chi connectivity index (χ0v) is 20.9. The van der Waals surface area contributed by atoms with Crippen molar-refractivity contribution in [3.05, 3.63) is 71.2 Å². The first-order valence-corrected chi connectivity index (χ1v) is 13.3. The highest BCUT2D eigenvalue weighted by Crippen LogP contribution is 2.33. The number of aromatic nitrogens is 3. The summed E-state index contributed by atoms with van der Waals surface area (Å²) in [7, 11) is -1.59. The average molecular weight is 509 g/mol. The van der Waals surface area contributed by atoms with Crippen LogP contribution in [-0.2, 0) is 9.84 Å². The molecule has 1 fully saturated rings. The van der Waals surface area contributed by atoms with Gasteiger partial charge in [-0.2, -0.15) is 5.10 Å². The Bertz CT molecular complexity index is 1600. The van der Waals surface area contributed by atoms with Gasteiger partial charge in [-0.05, 0) is 68.3 Å². The number of amides is 1. The summed E-state index contributed by atoms with van der Waals surface area (Å²) in [6.07, 6.45) is 0.428. The van der Waals surface area contributed by atoms with Crippen LogP contribution >= 0.6 is 0 Å². The highest BCUT2D eigenvalue weighted by atomic mass is 32.2. The van der Waals surface area contributed by atoms with Crippen molar-refractivity contribution in [3.63, 3.8) is 0 Å². The van der Waals surface area contributed by atoms with Gasteiger partial charge in [0.2, 0.25) is 0 Å². The van der Waals surface area contributed by atoms with Gasteiger partial charge in [-0.1, -0.05) is 6.07 Å². The lowest BCUT2D eigenvalue weighted by molar-refractivity contribution is 0.102. The third kappa shape index (κ3) is 4.44. The van der Waals surface area contributed by atoms with E-state index >= 15 is 0 Å². The zero-order valence-electron chi connectivity index (χ0n) is 20.1. The number of nitrogens with one attached hydrogen (secondary N) is 1. The van der Waals surface area contributed by atoms with Crippen LogP contribution in [0, 0.1) is 19.7 Å². The van der Waals surface area contributed by atoms with E-state index in [9.17, 15) is 17.6 Å². The molecule has 4 aromatic rings. The van der Waals surface area contributed by atoms with Crippen molar-refractivity contribution in [2.75, 3.05) is 23.9 Å². The molecule has 1 N–H and O–H groups in total. The van der Waals surface area contributed by atoms with E-state index < -0.39 is 21.6 Å². The van der Waals surface area contributed by atoms with Crippen LogP contribution in [0.1, 0.15) is 34.1 Å². The quantitative estimate of drug-likeness (QED) is 0.427. The summed E-state index contributed by atoms with van der Waals surface area (Å²) >= 11 is 0. The van der Waals surface area contributed by atoms with Gasteiger partial charge in [-0.3, -0.25) is 4.79 Å². The van der Waals surface area contributed by atoms with E-state index in [0.717, 1.165) is 5.56 Å². The monoisotopic (exact) mass is 508 g/mol. The van der Waals surface area contributed by atoms with Crippen molar-refractivity contribution in [3.8, 4) is 17.0 Å². The zero-order chi connectivity index (χ0) is 25.6. The van der Waals surface area contributed by atoms with E-state index in [0.29, 0.717) is 51.4 Å². The third-order valence-corrected chi connectivity index (χ3v) is 8.20. The largest absolute Gasteiger partial charge is 0.497 e. The maximum atomic E-state index is 14.1. The summed E-state index contributed by atoms with van der Waals surface area (Å²) in [5.41, 5.74) is 3.38. The van der Waals surface area contributed by atoms with Crippen LogP contribution in [-0.4, -0.2) is 47.7 Å². The van der Waals surface area contributed by atoms with E-state index in [1.54, 1.807) is 56.0 Å². The predicted octanol–water partition coefficient (Wildman–Crippen LogP) is 4.47. The Hall–Kier alpha value is -3.79. The standard InChI is InChI=1S/C26H25FN4O4S/c1-15-4-7-18(12-22(15)27)28-26(32)21-13-23(17-5-8-20(35-3)9-6-17)29-25-24(21)16(2)30-31(25)19-10-11-36(33,34)14-19/h4-9,12-13,19H,10-11,14H2,1-3H3,(H,28,32). The van der Waals surface area contributed by atoms with E-state index in [1.807, 2.05) is 12.1 Å². The molecule has 1 saturated heterocycles. The van der Waals surface area contributed by atoms with E-state index in [4.69, 9.17) is 9.72 Å². The summed E-state index contributed by atoms with van der Waals surface area (Å²) in [4.78, 5) is 18.3. The van der Waals surface area contributed by atoms with Crippen molar-refractivity contribution < 1.29 is 22.3 Å². The number of rotatable bonds is 5. The van der Waals surface area contributed by atoms with Gasteiger partial charge in [0.25, 0.3) is 5.91 Å². The van der Waals surface area contributed by atoms with Crippen LogP contribution in [0.5, 0.6) is 5.75 Å². The molecule has 3 heterocycles. The molecule has 1 aliphatic rings. The Labute approximate surface area is 208 Å². The second-order valence-electron chi connectivity index (χ2n) is 8.99. The number of benzene rings is 2. The Morgan fingerprint density at radius 3 is 2.53 bits per heavy atom. The van der Waals surface area contributed by atoms with Crippen LogP contribution < -0.4 is 10.1 Å². The van der Waals surface area contributed by atoms with Crippen molar-refractivity contribution in [2.24, 2.45) is 0 Å². The molecule has 0 radical (unpaired) electrons. The minimum absolute atomic E-state index is 0.0260. The van der Waals surface area contributed by atoms with Gasteiger partial charge >= 0.3 is 0 Å². The summed E-state index contributed by atoms with van der Waals surface area (Å²) in [6, 6.07) is 13.1. The number of pyridine rings is 1. The molecule has 1 atom stereocenters. The smallest absolute Gasteiger partial charge is 0.256 e. The van der Waals surface area contributed by atoms with Crippen LogP contribution in [0.25, 0.3) is 22.3 Å². The Morgan fingerprint density at radius 2 is 1.89 bits per heavy atom. The molecule has 0 bridgehead atoms. The molecule has 8 nitrogen and oxygen atoms in total. The molecule has 0 spiro atoms. The van der Waals surface area contributed by atoms with E-state index in [1.165, 1.54) is 6.07 Å². The molecule has 2 aromatic carbocycles. The van der Waals surface area contributed by atoms with Gasteiger partial charge in [0.15, 0.2) is 15.5 Å². The van der Waals surface area contributed by atoms with E-state index in [-0.39, 0.29) is 17.5 Å². The minimum Gasteiger partial charge on any atom is -0.497 e. The molecule has 10 heteroatoms. The maximum Gasteiger partial charge on any atom is 0.256 e. The number of carbonyl (C=O) groups excluding carboxylic acids is 1. The Morgan fingerprint density at radius 1 is 1.14 bits per heavy atom. The number of anilines is 1. The molecule has 5 rings (SSSR count). The van der Waals surface area contributed by atoms with Gasteiger partial charge in [-0.25, -0.2) is 22.5 Å². The fraction of sp³-hybridized carbons (Fsp3) is 0.269. The molecule has 1 unspecified atom stereocenters. The molecule has 2 aromatic heterocycles. The molecule has 186 valence electrons. The van der Waals surface area contributed by atoms with Crippen LogP contribution in [0.4, 0.5) is 10.1 Å². The number of ether oxygens (including phenoxy) is 1. The number of aryl methyl sites for hydroxylation is 2. The second kappa shape index (κ2) is 9.02. The van der Waals surface area contributed by atoms with Gasteiger partial charge < -0.3 is 10.1 Å². The first-order valence-electron chi connectivity index (χ1n) is 11.5. The number of nitrogens with zero attached hydrogens (tertiary/aromatic N) is 3.